The van der Waals surface area contributed by atoms with E-state index in [2.05, 4.69) is 0 Å². The highest BCUT2D eigenvalue weighted by Gasteiger charge is 2.44. The number of hydrogen-bond donors (Lipinski definition) is 0. The fourth-order valence-corrected chi connectivity index (χ4v) is 5.27. The molecule has 2 aromatic rings. The summed E-state index contributed by atoms with van der Waals surface area (Å²) in [6.45, 7) is 2.83. The predicted octanol–water partition coefficient (Wildman–Crippen LogP) is 3.31. The number of nitro groups is 1. The Balaban J connectivity index is 1.15. The van der Waals surface area contributed by atoms with Crippen molar-refractivity contribution in [3.63, 3.8) is 0 Å². The minimum atomic E-state index is -0.704. The van der Waals surface area contributed by atoms with Crippen LogP contribution in [0.2, 0.25) is 0 Å². The van der Waals surface area contributed by atoms with Gasteiger partial charge in [0.15, 0.2) is 5.78 Å². The van der Waals surface area contributed by atoms with Crippen molar-refractivity contribution in [2.75, 3.05) is 19.6 Å². The number of ether oxygens (including phenoxy) is 1. The number of piperidine rings is 1. The maximum Gasteiger partial charge on any atom is 0.282 e. The maximum absolute atomic E-state index is 12.8. The number of aryl methyl sites for hydroxylation is 1. The molecule has 0 bridgehead atoms. The van der Waals surface area contributed by atoms with Gasteiger partial charge < -0.3 is 9.64 Å². The Kier molecular flexibility index (Phi) is 5.82. The molecule has 10 nitrogen and oxygen atoms in total. The third-order valence-electron chi connectivity index (χ3n) is 7.22. The van der Waals surface area contributed by atoms with Crippen LogP contribution in [-0.2, 0) is 4.79 Å². The lowest BCUT2D eigenvalue weighted by Gasteiger charge is -2.44. The number of likely N-dealkylation sites (tertiary alicyclic amines) is 1. The molecule has 10 heteroatoms. The lowest BCUT2D eigenvalue weighted by atomic mass is 9.82. The molecule has 0 aromatic heterocycles. The molecule has 1 fully saturated rings. The Morgan fingerprint density at radius 1 is 1.08 bits per heavy atom. The van der Waals surface area contributed by atoms with Crippen molar-refractivity contribution in [3.05, 3.63) is 68.8 Å². The first kappa shape index (κ1) is 23.7. The molecular weight excluding hydrogens is 466 g/mol. The molecule has 36 heavy (non-hydrogen) atoms. The number of nitro benzene ring substituents is 1. The van der Waals surface area contributed by atoms with E-state index in [1.807, 2.05) is 25.1 Å². The number of hydrogen-bond acceptors (Lipinski definition) is 7. The second kappa shape index (κ2) is 8.85. The third kappa shape index (κ3) is 4.02. The van der Waals surface area contributed by atoms with E-state index in [1.165, 1.54) is 18.2 Å². The minimum Gasteiger partial charge on any atom is -0.486 e. The molecule has 3 aliphatic rings. The van der Waals surface area contributed by atoms with Gasteiger partial charge in [0, 0.05) is 45.0 Å². The summed E-state index contributed by atoms with van der Waals surface area (Å²) in [5.74, 6) is -0.741. The number of benzene rings is 2. The predicted molar refractivity (Wildman–Crippen MR) is 127 cm³/mol. The molecule has 0 saturated carbocycles. The number of ketones is 1. The summed E-state index contributed by atoms with van der Waals surface area (Å²) in [6, 6.07) is 9.56. The van der Waals surface area contributed by atoms with Gasteiger partial charge in [0.05, 0.1) is 22.5 Å². The van der Waals surface area contributed by atoms with Crippen LogP contribution in [0, 0.1) is 17.0 Å². The normalized spacial score (nSPS) is 18.2. The third-order valence-corrected chi connectivity index (χ3v) is 7.22. The van der Waals surface area contributed by atoms with Gasteiger partial charge in [0.25, 0.3) is 17.5 Å². The van der Waals surface area contributed by atoms with Crippen molar-refractivity contribution in [1.82, 2.24) is 9.80 Å². The van der Waals surface area contributed by atoms with E-state index < -0.39 is 28.0 Å². The highest BCUT2D eigenvalue weighted by Crippen LogP contribution is 2.40. The molecule has 0 unspecified atom stereocenters. The zero-order valence-electron chi connectivity index (χ0n) is 19.8. The van der Waals surface area contributed by atoms with Gasteiger partial charge in [0.2, 0.25) is 5.91 Å². The SMILES string of the molecule is Cc1ccc2c(c1)C(=O)CC1(CCN(C(=O)CCCN3C(=O)c4cccc([N+](=O)[O-])c4C3=O)CC1)O2. The van der Waals surface area contributed by atoms with Crippen LogP contribution < -0.4 is 4.74 Å². The van der Waals surface area contributed by atoms with Crippen LogP contribution in [0.4, 0.5) is 5.69 Å². The van der Waals surface area contributed by atoms with E-state index >= 15 is 0 Å². The van der Waals surface area contributed by atoms with Gasteiger partial charge in [-0.15, -0.1) is 0 Å². The van der Waals surface area contributed by atoms with Crippen LogP contribution >= 0.6 is 0 Å². The lowest BCUT2D eigenvalue weighted by molar-refractivity contribution is -0.385. The first-order chi connectivity index (χ1) is 17.2. The average molecular weight is 492 g/mol. The van der Waals surface area contributed by atoms with Crippen molar-refractivity contribution in [3.8, 4) is 5.75 Å². The fraction of sp³-hybridized carbons (Fsp3) is 0.385. The quantitative estimate of drug-likeness (QED) is 0.357. The topological polar surface area (TPSA) is 127 Å². The molecule has 0 N–H and O–H groups in total. The first-order valence-electron chi connectivity index (χ1n) is 11.9. The van der Waals surface area contributed by atoms with E-state index in [1.54, 1.807) is 4.90 Å². The van der Waals surface area contributed by atoms with Gasteiger partial charge in [-0.2, -0.15) is 0 Å². The Bertz CT molecular complexity index is 1310. The lowest BCUT2D eigenvalue weighted by Crippen LogP contribution is -2.52. The molecule has 5 rings (SSSR count). The van der Waals surface area contributed by atoms with Gasteiger partial charge in [0.1, 0.15) is 16.9 Å². The van der Waals surface area contributed by atoms with E-state index in [9.17, 15) is 29.3 Å². The smallest absolute Gasteiger partial charge is 0.282 e. The van der Waals surface area contributed by atoms with Crippen molar-refractivity contribution < 1.29 is 28.8 Å². The number of carbonyl (C=O) groups excluding carboxylic acids is 4. The van der Waals surface area contributed by atoms with Crippen LogP contribution in [0.15, 0.2) is 36.4 Å². The van der Waals surface area contributed by atoms with Crippen molar-refractivity contribution in [2.45, 2.75) is 44.6 Å². The fourth-order valence-electron chi connectivity index (χ4n) is 5.27. The largest absolute Gasteiger partial charge is 0.486 e. The Morgan fingerprint density at radius 2 is 1.83 bits per heavy atom. The molecule has 1 saturated heterocycles. The van der Waals surface area contributed by atoms with Crippen LogP contribution in [0.25, 0.3) is 0 Å². The zero-order valence-corrected chi connectivity index (χ0v) is 19.8. The molecule has 0 atom stereocenters. The van der Waals surface area contributed by atoms with Crippen LogP contribution in [-0.4, -0.2) is 63.5 Å². The second-order valence-electron chi connectivity index (χ2n) is 9.59. The van der Waals surface area contributed by atoms with Crippen LogP contribution in [0.1, 0.15) is 68.7 Å². The van der Waals surface area contributed by atoms with E-state index in [0.717, 1.165) is 10.5 Å². The van der Waals surface area contributed by atoms with Crippen molar-refractivity contribution in [1.29, 1.82) is 0 Å². The number of amides is 3. The molecule has 3 aliphatic heterocycles. The van der Waals surface area contributed by atoms with Crippen molar-refractivity contribution in [2.24, 2.45) is 0 Å². The summed E-state index contributed by atoms with van der Waals surface area (Å²) >= 11 is 0. The zero-order chi connectivity index (χ0) is 25.6. The summed E-state index contributed by atoms with van der Waals surface area (Å²) in [5, 5.41) is 11.2. The number of nitrogens with zero attached hydrogens (tertiary/aromatic N) is 3. The molecule has 0 radical (unpaired) electrons. The molecular formula is C26H25N3O7. The highest BCUT2D eigenvalue weighted by molar-refractivity contribution is 6.23. The maximum atomic E-state index is 12.8. The molecule has 186 valence electrons. The second-order valence-corrected chi connectivity index (χ2v) is 9.59. The van der Waals surface area contributed by atoms with Gasteiger partial charge in [-0.25, -0.2) is 0 Å². The van der Waals surface area contributed by atoms with Gasteiger partial charge >= 0.3 is 0 Å². The number of Topliss-reactive ketones (excluding diaryl/α,β-unsaturated/α-hetero) is 1. The Labute approximate surface area is 207 Å². The van der Waals surface area contributed by atoms with E-state index in [0.29, 0.717) is 37.2 Å². The highest BCUT2D eigenvalue weighted by atomic mass is 16.6. The van der Waals surface area contributed by atoms with Crippen LogP contribution in [0.3, 0.4) is 0 Å². The molecule has 0 aliphatic carbocycles. The molecule has 1 spiro atoms. The van der Waals surface area contributed by atoms with E-state index in [-0.39, 0.29) is 48.6 Å². The Hall–Kier alpha value is -4.08. The standard InChI is InChI=1S/C26H25N3O7/c1-16-7-8-21-18(14-16)20(30)15-26(36-21)9-12-27(13-10-26)22(31)6-3-11-28-24(32)17-4-2-5-19(29(34)35)23(17)25(28)33/h2,4-5,7-8,14H,3,6,9-13,15H2,1H3. The van der Waals surface area contributed by atoms with Crippen molar-refractivity contribution >= 4 is 29.2 Å². The number of imide groups is 1. The average Bonchev–Trinajstić information content (AvgIpc) is 3.10. The summed E-state index contributed by atoms with van der Waals surface area (Å²) in [4.78, 5) is 64.1. The number of rotatable bonds is 5. The Morgan fingerprint density at radius 3 is 2.56 bits per heavy atom. The van der Waals surface area contributed by atoms with Crippen LogP contribution in [0.5, 0.6) is 5.75 Å². The minimum absolute atomic E-state index is 0.000826. The monoisotopic (exact) mass is 491 g/mol. The summed E-state index contributed by atoms with van der Waals surface area (Å²) in [6.07, 6.45) is 1.75. The van der Waals surface area contributed by atoms with Gasteiger partial charge in [-0.1, -0.05) is 17.7 Å². The molecule has 3 heterocycles. The van der Waals surface area contributed by atoms with Gasteiger partial charge in [-0.3, -0.25) is 34.2 Å². The summed E-state index contributed by atoms with van der Waals surface area (Å²) < 4.78 is 6.25. The molecule has 3 amide bonds. The first-order valence-corrected chi connectivity index (χ1v) is 11.9. The number of carbonyl (C=O) groups is 4. The van der Waals surface area contributed by atoms with E-state index in [4.69, 9.17) is 4.74 Å². The number of fused-ring (bicyclic) bond motifs is 2. The summed E-state index contributed by atoms with van der Waals surface area (Å²) in [7, 11) is 0. The summed E-state index contributed by atoms with van der Waals surface area (Å²) in [5.41, 5.74) is 0.428. The molecule has 2 aromatic carbocycles. The van der Waals surface area contributed by atoms with Gasteiger partial charge in [-0.05, 0) is 31.5 Å².